The standard InChI is InChI=1S/C18H26N4O4S.ClH/c1-12(2)15(16-20-17(21-26-16)18(19)10-4-5-11-18)22-27(23,24)14-8-6-13(25-3)7-9-14;/h6-9,12,15,22H,4-5,10-11,19H2,1-3H3;1H. The van der Waals surface area contributed by atoms with Crippen LogP contribution in [-0.4, -0.2) is 25.7 Å². The van der Waals surface area contributed by atoms with Gasteiger partial charge in [0.15, 0.2) is 5.82 Å². The summed E-state index contributed by atoms with van der Waals surface area (Å²) in [7, 11) is -2.24. The molecule has 0 bridgehead atoms. The zero-order chi connectivity index (χ0) is 19.7. The van der Waals surface area contributed by atoms with Gasteiger partial charge in [-0.2, -0.15) is 9.71 Å². The van der Waals surface area contributed by atoms with Crippen LogP contribution in [0, 0.1) is 5.92 Å². The van der Waals surface area contributed by atoms with Gasteiger partial charge in [-0.3, -0.25) is 0 Å². The van der Waals surface area contributed by atoms with E-state index in [9.17, 15) is 8.42 Å². The van der Waals surface area contributed by atoms with Crippen LogP contribution in [0.25, 0.3) is 0 Å². The molecule has 1 aliphatic rings. The van der Waals surface area contributed by atoms with E-state index < -0.39 is 21.6 Å². The molecule has 1 atom stereocenters. The third-order valence-electron chi connectivity index (χ3n) is 4.97. The number of hydrogen-bond donors (Lipinski definition) is 2. The molecule has 3 rings (SSSR count). The van der Waals surface area contributed by atoms with Gasteiger partial charge in [0.05, 0.1) is 17.5 Å². The molecule has 2 aromatic rings. The van der Waals surface area contributed by atoms with E-state index in [-0.39, 0.29) is 29.1 Å². The normalized spacial score (nSPS) is 17.3. The average molecular weight is 431 g/mol. The van der Waals surface area contributed by atoms with E-state index in [0.717, 1.165) is 25.7 Å². The number of nitrogens with one attached hydrogen (secondary N) is 1. The maximum atomic E-state index is 12.8. The Morgan fingerprint density at radius 2 is 1.82 bits per heavy atom. The Kier molecular flexibility index (Phi) is 7.08. The highest BCUT2D eigenvalue weighted by atomic mass is 35.5. The number of sulfonamides is 1. The number of ether oxygens (including phenoxy) is 1. The van der Waals surface area contributed by atoms with E-state index in [1.54, 1.807) is 12.1 Å². The fourth-order valence-corrected chi connectivity index (χ4v) is 4.59. The lowest BCUT2D eigenvalue weighted by Gasteiger charge is -2.20. The summed E-state index contributed by atoms with van der Waals surface area (Å²) in [4.78, 5) is 4.58. The SMILES string of the molecule is COc1ccc(S(=O)(=O)NC(c2nc(C3(N)CCCC3)no2)C(C)C)cc1.Cl. The Morgan fingerprint density at radius 1 is 1.21 bits per heavy atom. The smallest absolute Gasteiger partial charge is 0.245 e. The topological polar surface area (TPSA) is 120 Å². The largest absolute Gasteiger partial charge is 0.497 e. The molecule has 0 saturated heterocycles. The monoisotopic (exact) mass is 430 g/mol. The highest BCUT2D eigenvalue weighted by Gasteiger charge is 2.37. The van der Waals surface area contributed by atoms with Crippen molar-refractivity contribution < 1.29 is 17.7 Å². The number of methoxy groups -OCH3 is 1. The summed E-state index contributed by atoms with van der Waals surface area (Å²) in [5.74, 6) is 1.17. The number of nitrogens with zero attached hydrogens (tertiary/aromatic N) is 2. The fourth-order valence-electron chi connectivity index (χ4n) is 3.25. The molecule has 1 aromatic heterocycles. The number of hydrogen-bond acceptors (Lipinski definition) is 7. The minimum Gasteiger partial charge on any atom is -0.497 e. The summed E-state index contributed by atoms with van der Waals surface area (Å²) in [6.07, 6.45) is 3.65. The van der Waals surface area contributed by atoms with E-state index in [2.05, 4.69) is 14.9 Å². The van der Waals surface area contributed by atoms with Gasteiger partial charge in [-0.05, 0) is 43.0 Å². The van der Waals surface area contributed by atoms with Crippen LogP contribution >= 0.6 is 12.4 Å². The van der Waals surface area contributed by atoms with Gasteiger partial charge in [-0.15, -0.1) is 12.4 Å². The van der Waals surface area contributed by atoms with Crippen molar-refractivity contribution in [1.29, 1.82) is 0 Å². The lowest BCUT2D eigenvalue weighted by Crippen LogP contribution is -2.35. The maximum absolute atomic E-state index is 12.8. The molecule has 1 aliphatic carbocycles. The molecular formula is C18H27ClN4O4S. The van der Waals surface area contributed by atoms with E-state index in [1.165, 1.54) is 19.2 Å². The summed E-state index contributed by atoms with van der Waals surface area (Å²) < 4.78 is 38.7. The quantitative estimate of drug-likeness (QED) is 0.692. The number of aromatic nitrogens is 2. The third kappa shape index (κ3) is 4.65. The van der Waals surface area contributed by atoms with Crippen molar-refractivity contribution in [2.24, 2.45) is 11.7 Å². The second-order valence-corrected chi connectivity index (χ2v) is 9.05. The first-order chi connectivity index (χ1) is 12.7. The summed E-state index contributed by atoms with van der Waals surface area (Å²) in [5.41, 5.74) is 5.79. The first-order valence-electron chi connectivity index (χ1n) is 9.04. The zero-order valence-electron chi connectivity index (χ0n) is 16.2. The molecule has 1 unspecified atom stereocenters. The van der Waals surface area contributed by atoms with E-state index >= 15 is 0 Å². The molecule has 1 saturated carbocycles. The van der Waals surface area contributed by atoms with Gasteiger partial charge < -0.3 is 15.0 Å². The van der Waals surface area contributed by atoms with E-state index in [0.29, 0.717) is 11.6 Å². The summed E-state index contributed by atoms with van der Waals surface area (Å²) in [5, 5.41) is 4.04. The van der Waals surface area contributed by atoms with Crippen molar-refractivity contribution in [2.75, 3.05) is 7.11 Å². The highest BCUT2D eigenvalue weighted by Crippen LogP contribution is 2.35. The molecule has 3 N–H and O–H groups in total. The molecule has 10 heteroatoms. The van der Waals surface area contributed by atoms with Crippen molar-refractivity contribution in [3.8, 4) is 5.75 Å². The molecule has 0 spiro atoms. The molecule has 0 amide bonds. The first-order valence-corrected chi connectivity index (χ1v) is 10.5. The van der Waals surface area contributed by atoms with Gasteiger partial charge in [0, 0.05) is 0 Å². The van der Waals surface area contributed by atoms with Gasteiger partial charge in [0.2, 0.25) is 15.9 Å². The predicted molar refractivity (Wildman–Crippen MR) is 107 cm³/mol. The lowest BCUT2D eigenvalue weighted by atomic mass is 9.98. The summed E-state index contributed by atoms with van der Waals surface area (Å²) in [6, 6.07) is 5.53. The third-order valence-corrected chi connectivity index (χ3v) is 6.42. The highest BCUT2D eigenvalue weighted by molar-refractivity contribution is 7.89. The molecule has 1 aromatic carbocycles. The van der Waals surface area contributed by atoms with Crippen molar-refractivity contribution >= 4 is 22.4 Å². The number of benzene rings is 1. The zero-order valence-corrected chi connectivity index (χ0v) is 17.8. The first kappa shape index (κ1) is 22.6. The van der Waals surface area contributed by atoms with Crippen LogP contribution in [0.5, 0.6) is 5.75 Å². The Bertz CT molecular complexity index is 877. The lowest BCUT2D eigenvalue weighted by molar-refractivity contribution is 0.303. The number of rotatable bonds is 7. The molecule has 0 radical (unpaired) electrons. The number of nitrogens with two attached hydrogens (primary N) is 1. The predicted octanol–water partition coefficient (Wildman–Crippen LogP) is 2.90. The molecular weight excluding hydrogens is 404 g/mol. The molecule has 0 aliphatic heterocycles. The maximum Gasteiger partial charge on any atom is 0.245 e. The van der Waals surface area contributed by atoms with Crippen LogP contribution in [-0.2, 0) is 15.6 Å². The number of halogens is 1. The Labute approximate surface area is 171 Å². The summed E-state index contributed by atoms with van der Waals surface area (Å²) in [6.45, 7) is 3.78. The van der Waals surface area contributed by atoms with Gasteiger partial charge >= 0.3 is 0 Å². The summed E-state index contributed by atoms with van der Waals surface area (Å²) >= 11 is 0. The Hall–Kier alpha value is -1.68. The second-order valence-electron chi connectivity index (χ2n) is 7.34. The molecule has 28 heavy (non-hydrogen) atoms. The second kappa shape index (κ2) is 8.77. The van der Waals surface area contributed by atoms with Crippen LogP contribution in [0.4, 0.5) is 0 Å². The molecule has 8 nitrogen and oxygen atoms in total. The van der Waals surface area contributed by atoms with Gasteiger partial charge in [0.1, 0.15) is 11.8 Å². The Balaban J connectivity index is 0.00000280. The molecule has 1 heterocycles. The van der Waals surface area contributed by atoms with Crippen LogP contribution in [0.1, 0.15) is 57.3 Å². The fraction of sp³-hybridized carbons (Fsp3) is 0.556. The van der Waals surface area contributed by atoms with Crippen LogP contribution in [0.15, 0.2) is 33.7 Å². The Morgan fingerprint density at radius 3 is 2.36 bits per heavy atom. The molecule has 1 fully saturated rings. The minimum atomic E-state index is -3.77. The van der Waals surface area contributed by atoms with Crippen LogP contribution in [0.2, 0.25) is 0 Å². The van der Waals surface area contributed by atoms with Crippen LogP contribution < -0.4 is 15.2 Å². The van der Waals surface area contributed by atoms with Gasteiger partial charge in [0.25, 0.3) is 0 Å². The van der Waals surface area contributed by atoms with Gasteiger partial charge in [-0.25, -0.2) is 8.42 Å². The van der Waals surface area contributed by atoms with Crippen molar-refractivity contribution in [3.63, 3.8) is 0 Å². The van der Waals surface area contributed by atoms with Crippen molar-refractivity contribution in [3.05, 3.63) is 36.0 Å². The van der Waals surface area contributed by atoms with Gasteiger partial charge in [-0.1, -0.05) is 31.8 Å². The minimum absolute atomic E-state index is 0. The van der Waals surface area contributed by atoms with Crippen molar-refractivity contribution in [2.45, 2.75) is 56.0 Å². The van der Waals surface area contributed by atoms with Crippen LogP contribution in [0.3, 0.4) is 0 Å². The molecule has 156 valence electrons. The average Bonchev–Trinajstić information content (AvgIpc) is 3.30. The van der Waals surface area contributed by atoms with E-state index in [1.807, 2.05) is 13.8 Å². The van der Waals surface area contributed by atoms with Crippen molar-refractivity contribution in [1.82, 2.24) is 14.9 Å². The van der Waals surface area contributed by atoms with E-state index in [4.69, 9.17) is 15.0 Å².